The van der Waals surface area contributed by atoms with E-state index in [4.69, 9.17) is 0 Å². The van der Waals surface area contributed by atoms with Crippen LogP contribution >= 0.6 is 0 Å². The summed E-state index contributed by atoms with van der Waals surface area (Å²) in [4.78, 5) is 42.9. The highest BCUT2D eigenvalue weighted by molar-refractivity contribution is 6.37. The summed E-state index contributed by atoms with van der Waals surface area (Å²) in [6, 6.07) is 0. The van der Waals surface area contributed by atoms with Crippen LogP contribution in [0.4, 0.5) is 0 Å². The third-order valence-electron chi connectivity index (χ3n) is 2.42. The van der Waals surface area contributed by atoms with Gasteiger partial charge in [-0.25, -0.2) is 0 Å². The van der Waals surface area contributed by atoms with Gasteiger partial charge in [-0.2, -0.15) is 0 Å². The molecule has 2 unspecified atom stereocenters. The standard InChI is InChI=1S/C11H16O4/c1-8(9(2)7-13)6-11(15)10(14)4-3-5-12/h5,7-9H,3-4,6H2,1-2H3. The van der Waals surface area contributed by atoms with Crippen molar-refractivity contribution >= 4 is 24.1 Å². The number of rotatable bonds is 8. The Hall–Kier alpha value is -1.32. The van der Waals surface area contributed by atoms with Crippen molar-refractivity contribution < 1.29 is 19.2 Å². The number of carbonyl (C=O) groups is 4. The van der Waals surface area contributed by atoms with Crippen molar-refractivity contribution in [1.82, 2.24) is 0 Å². The average molecular weight is 212 g/mol. The number of ketones is 2. The lowest BCUT2D eigenvalue weighted by molar-refractivity contribution is -0.137. The Morgan fingerprint density at radius 2 is 1.73 bits per heavy atom. The van der Waals surface area contributed by atoms with Crippen molar-refractivity contribution in [2.45, 2.75) is 33.1 Å². The third kappa shape index (κ3) is 5.20. The van der Waals surface area contributed by atoms with Gasteiger partial charge in [0.05, 0.1) is 0 Å². The molecule has 0 saturated heterocycles. The molecule has 0 amide bonds. The maximum atomic E-state index is 11.3. The van der Waals surface area contributed by atoms with Crippen LogP contribution in [0.15, 0.2) is 0 Å². The molecule has 0 saturated carbocycles. The Morgan fingerprint density at radius 1 is 1.13 bits per heavy atom. The van der Waals surface area contributed by atoms with Gasteiger partial charge in [0.25, 0.3) is 0 Å². The first-order valence-corrected chi connectivity index (χ1v) is 4.97. The van der Waals surface area contributed by atoms with E-state index in [1.165, 1.54) is 0 Å². The van der Waals surface area contributed by atoms with Crippen LogP contribution in [0.2, 0.25) is 0 Å². The Labute approximate surface area is 89.0 Å². The molecule has 4 nitrogen and oxygen atoms in total. The monoisotopic (exact) mass is 212 g/mol. The summed E-state index contributed by atoms with van der Waals surface area (Å²) >= 11 is 0. The van der Waals surface area contributed by atoms with Gasteiger partial charge in [0.1, 0.15) is 12.6 Å². The SMILES string of the molecule is CC(C=O)C(C)CC(=O)C(=O)CCC=O. The minimum Gasteiger partial charge on any atom is -0.303 e. The molecule has 0 aromatic carbocycles. The number of Topliss-reactive ketones (excluding diaryl/α,β-unsaturated/α-hetero) is 2. The van der Waals surface area contributed by atoms with E-state index < -0.39 is 11.6 Å². The molecule has 0 aromatic rings. The third-order valence-corrected chi connectivity index (χ3v) is 2.42. The highest BCUT2D eigenvalue weighted by Crippen LogP contribution is 2.13. The number of hydrogen-bond donors (Lipinski definition) is 0. The van der Waals surface area contributed by atoms with Crippen molar-refractivity contribution in [2.75, 3.05) is 0 Å². The van der Waals surface area contributed by atoms with Crippen LogP contribution in [-0.4, -0.2) is 24.1 Å². The van der Waals surface area contributed by atoms with Gasteiger partial charge in [-0.15, -0.1) is 0 Å². The molecule has 0 radical (unpaired) electrons. The number of carbonyl (C=O) groups excluding carboxylic acids is 4. The van der Waals surface area contributed by atoms with Gasteiger partial charge in [-0.05, 0) is 5.92 Å². The van der Waals surface area contributed by atoms with Gasteiger partial charge in [-0.1, -0.05) is 13.8 Å². The van der Waals surface area contributed by atoms with Crippen LogP contribution in [0.25, 0.3) is 0 Å². The summed E-state index contributed by atoms with van der Waals surface area (Å²) in [5.74, 6) is -1.37. The molecule has 0 aliphatic heterocycles. The molecule has 0 bridgehead atoms. The van der Waals surface area contributed by atoms with E-state index in [0.717, 1.165) is 6.29 Å². The molecule has 0 heterocycles. The Kier molecular flexibility index (Phi) is 6.42. The van der Waals surface area contributed by atoms with E-state index in [9.17, 15) is 19.2 Å². The normalized spacial score (nSPS) is 14.0. The fourth-order valence-electron chi connectivity index (χ4n) is 1.06. The van der Waals surface area contributed by atoms with Crippen LogP contribution in [0.3, 0.4) is 0 Å². The first kappa shape index (κ1) is 13.7. The summed E-state index contributed by atoms with van der Waals surface area (Å²) < 4.78 is 0. The highest BCUT2D eigenvalue weighted by atomic mass is 16.2. The Balaban J connectivity index is 4.06. The molecule has 15 heavy (non-hydrogen) atoms. The van der Waals surface area contributed by atoms with Crippen molar-refractivity contribution in [1.29, 1.82) is 0 Å². The molecule has 0 aliphatic rings. The molecule has 4 heteroatoms. The second kappa shape index (κ2) is 7.04. The summed E-state index contributed by atoms with van der Waals surface area (Å²) in [6.45, 7) is 3.46. The first-order valence-electron chi connectivity index (χ1n) is 4.97. The zero-order chi connectivity index (χ0) is 11.8. The predicted molar refractivity (Wildman–Crippen MR) is 54.3 cm³/mol. The van der Waals surface area contributed by atoms with Gasteiger partial charge < -0.3 is 9.59 Å². The quantitative estimate of drug-likeness (QED) is 0.444. The molecule has 0 N–H and O–H groups in total. The number of hydrogen-bond acceptors (Lipinski definition) is 4. The van der Waals surface area contributed by atoms with E-state index in [1.807, 2.05) is 0 Å². The summed E-state index contributed by atoms with van der Waals surface area (Å²) in [7, 11) is 0. The van der Waals surface area contributed by atoms with Gasteiger partial charge in [0.2, 0.25) is 0 Å². The van der Waals surface area contributed by atoms with E-state index in [2.05, 4.69) is 0 Å². The zero-order valence-electron chi connectivity index (χ0n) is 9.06. The largest absolute Gasteiger partial charge is 0.303 e. The summed E-state index contributed by atoms with van der Waals surface area (Å²) in [5, 5.41) is 0. The van der Waals surface area contributed by atoms with E-state index in [0.29, 0.717) is 6.29 Å². The van der Waals surface area contributed by atoms with Crippen LogP contribution in [-0.2, 0) is 19.2 Å². The molecule has 0 spiro atoms. The van der Waals surface area contributed by atoms with E-state index >= 15 is 0 Å². The van der Waals surface area contributed by atoms with Crippen LogP contribution < -0.4 is 0 Å². The lowest BCUT2D eigenvalue weighted by Gasteiger charge is -2.12. The van der Waals surface area contributed by atoms with Crippen molar-refractivity contribution in [3.63, 3.8) is 0 Å². The van der Waals surface area contributed by atoms with Gasteiger partial charge in [-0.3, -0.25) is 9.59 Å². The second-order valence-electron chi connectivity index (χ2n) is 3.73. The van der Waals surface area contributed by atoms with Crippen LogP contribution in [0.5, 0.6) is 0 Å². The molecule has 0 rings (SSSR count). The Bertz CT molecular complexity index is 257. The van der Waals surface area contributed by atoms with Crippen LogP contribution in [0.1, 0.15) is 33.1 Å². The topological polar surface area (TPSA) is 68.3 Å². The molecular formula is C11H16O4. The maximum absolute atomic E-state index is 11.3. The minimum absolute atomic E-state index is 0.0233. The van der Waals surface area contributed by atoms with E-state index in [1.54, 1.807) is 13.8 Å². The summed E-state index contributed by atoms with van der Waals surface area (Å²) in [5.41, 5.74) is 0. The van der Waals surface area contributed by atoms with Crippen molar-refractivity contribution in [2.24, 2.45) is 11.8 Å². The smallest absolute Gasteiger partial charge is 0.198 e. The second-order valence-corrected chi connectivity index (χ2v) is 3.73. The fraction of sp³-hybridized carbons (Fsp3) is 0.636. The van der Waals surface area contributed by atoms with Crippen LogP contribution in [0, 0.1) is 11.8 Å². The predicted octanol–water partition coefficient (Wildman–Crippen LogP) is 0.965. The molecular weight excluding hydrogens is 196 g/mol. The molecule has 0 aliphatic carbocycles. The zero-order valence-corrected chi connectivity index (χ0v) is 9.06. The Morgan fingerprint density at radius 3 is 2.20 bits per heavy atom. The lowest BCUT2D eigenvalue weighted by Crippen LogP contribution is -2.20. The molecule has 84 valence electrons. The lowest BCUT2D eigenvalue weighted by atomic mass is 9.91. The van der Waals surface area contributed by atoms with Gasteiger partial charge in [0.15, 0.2) is 11.6 Å². The molecule has 2 atom stereocenters. The highest BCUT2D eigenvalue weighted by Gasteiger charge is 2.19. The minimum atomic E-state index is -0.521. The summed E-state index contributed by atoms with van der Waals surface area (Å²) in [6.07, 6.45) is 1.53. The molecule has 0 aromatic heterocycles. The molecule has 0 fully saturated rings. The maximum Gasteiger partial charge on any atom is 0.198 e. The van der Waals surface area contributed by atoms with Gasteiger partial charge >= 0.3 is 0 Å². The van der Waals surface area contributed by atoms with Crippen molar-refractivity contribution in [3.05, 3.63) is 0 Å². The first-order chi connectivity index (χ1) is 7.02. The van der Waals surface area contributed by atoms with Crippen molar-refractivity contribution in [3.8, 4) is 0 Å². The number of aldehydes is 2. The fourth-order valence-corrected chi connectivity index (χ4v) is 1.06. The van der Waals surface area contributed by atoms with Gasteiger partial charge in [0, 0.05) is 25.2 Å². The van der Waals surface area contributed by atoms with E-state index in [-0.39, 0.29) is 31.1 Å². The average Bonchev–Trinajstić information content (AvgIpc) is 2.24.